The monoisotopic (exact) mass is 280 g/mol. The number of rotatable bonds is 6. The topological polar surface area (TPSA) is 82.2 Å². The van der Waals surface area contributed by atoms with Crippen LogP contribution < -0.4 is 5.32 Å². The van der Waals surface area contributed by atoms with Gasteiger partial charge in [-0.1, -0.05) is 20.3 Å². The zero-order chi connectivity index (χ0) is 15.4. The number of carbonyl (C=O) groups is 2. The lowest BCUT2D eigenvalue weighted by Crippen LogP contribution is -2.34. The van der Waals surface area contributed by atoms with E-state index in [1.54, 1.807) is 13.8 Å². The predicted octanol–water partition coefficient (Wildman–Crippen LogP) is 2.88. The smallest absolute Gasteiger partial charge is 0.352 e. The molecule has 5 nitrogen and oxygen atoms in total. The number of aryl methyl sites for hydroxylation is 1. The molecule has 112 valence electrons. The van der Waals surface area contributed by atoms with Crippen LogP contribution in [0.5, 0.6) is 0 Å². The number of carboxylic acid groups (broad SMARTS) is 1. The van der Waals surface area contributed by atoms with E-state index in [1.807, 2.05) is 6.92 Å². The summed E-state index contributed by atoms with van der Waals surface area (Å²) in [5.41, 5.74) is 1.61. The lowest BCUT2D eigenvalue weighted by molar-refractivity contribution is 0.0690. The van der Waals surface area contributed by atoms with E-state index in [4.69, 9.17) is 5.11 Å². The van der Waals surface area contributed by atoms with Crippen molar-refractivity contribution in [1.29, 1.82) is 0 Å². The summed E-state index contributed by atoms with van der Waals surface area (Å²) in [7, 11) is 0. The Morgan fingerprint density at radius 2 is 1.90 bits per heavy atom. The maximum Gasteiger partial charge on any atom is 0.352 e. The molecule has 1 rings (SSSR count). The highest BCUT2D eigenvalue weighted by atomic mass is 16.4. The molecule has 20 heavy (non-hydrogen) atoms. The molecule has 1 aromatic heterocycles. The maximum atomic E-state index is 12.3. The van der Waals surface area contributed by atoms with Gasteiger partial charge < -0.3 is 15.4 Å². The van der Waals surface area contributed by atoms with E-state index in [2.05, 4.69) is 24.1 Å². The zero-order valence-corrected chi connectivity index (χ0v) is 12.8. The summed E-state index contributed by atoms with van der Waals surface area (Å²) in [4.78, 5) is 26.1. The molecule has 0 fully saturated rings. The van der Waals surface area contributed by atoms with Gasteiger partial charge in [-0.25, -0.2) is 4.79 Å². The van der Waals surface area contributed by atoms with Crippen LogP contribution in [0.4, 0.5) is 0 Å². The summed E-state index contributed by atoms with van der Waals surface area (Å²) < 4.78 is 0. The average molecular weight is 280 g/mol. The summed E-state index contributed by atoms with van der Waals surface area (Å²) in [5, 5.41) is 12.0. The van der Waals surface area contributed by atoms with Crippen molar-refractivity contribution in [3.63, 3.8) is 0 Å². The van der Waals surface area contributed by atoms with Gasteiger partial charge in [0.2, 0.25) is 0 Å². The lowest BCUT2D eigenvalue weighted by Gasteiger charge is -2.17. The largest absolute Gasteiger partial charge is 0.477 e. The molecule has 0 aliphatic heterocycles. The van der Waals surface area contributed by atoms with Crippen LogP contribution in [0.2, 0.25) is 0 Å². The van der Waals surface area contributed by atoms with Gasteiger partial charge in [-0.05, 0) is 38.7 Å². The van der Waals surface area contributed by atoms with Crippen LogP contribution in [0.1, 0.15) is 65.7 Å². The van der Waals surface area contributed by atoms with Crippen molar-refractivity contribution < 1.29 is 14.7 Å². The molecule has 2 atom stereocenters. The minimum Gasteiger partial charge on any atom is -0.477 e. The number of nitrogens with one attached hydrogen (secondary N) is 2. The molecule has 0 aliphatic carbocycles. The van der Waals surface area contributed by atoms with Gasteiger partial charge in [0.15, 0.2) is 0 Å². The Kier molecular flexibility index (Phi) is 5.36. The van der Waals surface area contributed by atoms with Crippen molar-refractivity contribution in [2.45, 2.75) is 53.5 Å². The first-order valence-electron chi connectivity index (χ1n) is 7.01. The van der Waals surface area contributed by atoms with E-state index in [9.17, 15) is 9.59 Å². The number of aromatic carboxylic acids is 1. The number of hydrogen-bond acceptors (Lipinski definition) is 2. The fourth-order valence-corrected chi connectivity index (χ4v) is 2.43. The molecule has 3 N–H and O–H groups in total. The third-order valence-electron chi connectivity index (χ3n) is 3.71. The fraction of sp³-hybridized carbons (Fsp3) is 0.600. The van der Waals surface area contributed by atoms with Crippen LogP contribution >= 0.6 is 0 Å². The molecule has 1 aromatic rings. The standard InChI is InChI=1S/C15H24N2O3/c1-6-8(2)7-9(3)16-14(18)12-10(4)13(15(19)20)17-11(12)5/h8-9,17H,6-7H2,1-5H3,(H,16,18)(H,19,20). The van der Waals surface area contributed by atoms with E-state index in [-0.39, 0.29) is 17.6 Å². The summed E-state index contributed by atoms with van der Waals surface area (Å²) in [6.07, 6.45) is 1.99. The Morgan fingerprint density at radius 1 is 1.30 bits per heavy atom. The minimum atomic E-state index is -1.04. The summed E-state index contributed by atoms with van der Waals surface area (Å²) >= 11 is 0. The van der Waals surface area contributed by atoms with E-state index < -0.39 is 5.97 Å². The van der Waals surface area contributed by atoms with Gasteiger partial charge in [-0.3, -0.25) is 4.79 Å². The lowest BCUT2D eigenvalue weighted by atomic mass is 10.00. The van der Waals surface area contributed by atoms with Gasteiger partial charge in [-0.2, -0.15) is 0 Å². The zero-order valence-electron chi connectivity index (χ0n) is 12.8. The van der Waals surface area contributed by atoms with Crippen LogP contribution in [-0.2, 0) is 0 Å². The summed E-state index contributed by atoms with van der Waals surface area (Å²) in [6, 6.07) is 0.0689. The predicted molar refractivity (Wildman–Crippen MR) is 78.2 cm³/mol. The number of H-pyrrole nitrogens is 1. The van der Waals surface area contributed by atoms with Crippen molar-refractivity contribution in [2.24, 2.45) is 5.92 Å². The van der Waals surface area contributed by atoms with E-state index in [0.717, 1.165) is 12.8 Å². The molecule has 1 heterocycles. The molecule has 0 saturated carbocycles. The second kappa shape index (κ2) is 6.59. The first-order chi connectivity index (χ1) is 9.27. The molecule has 0 bridgehead atoms. The highest BCUT2D eigenvalue weighted by molar-refractivity contribution is 6.00. The number of amides is 1. The van der Waals surface area contributed by atoms with Gasteiger partial charge in [-0.15, -0.1) is 0 Å². The average Bonchev–Trinajstić information content (AvgIpc) is 2.64. The normalized spacial score (nSPS) is 13.8. The second-order valence-electron chi connectivity index (χ2n) is 5.55. The number of hydrogen-bond donors (Lipinski definition) is 3. The molecular weight excluding hydrogens is 256 g/mol. The minimum absolute atomic E-state index is 0.0689. The van der Waals surface area contributed by atoms with Gasteiger partial charge in [0.1, 0.15) is 5.69 Å². The molecule has 0 aromatic carbocycles. The Labute approximate surface area is 119 Å². The highest BCUT2D eigenvalue weighted by Crippen LogP contribution is 2.18. The summed E-state index contributed by atoms with van der Waals surface area (Å²) in [5.74, 6) is -0.704. The van der Waals surface area contributed by atoms with E-state index >= 15 is 0 Å². The van der Waals surface area contributed by atoms with Crippen LogP contribution in [0.25, 0.3) is 0 Å². The van der Waals surface area contributed by atoms with Gasteiger partial charge in [0.05, 0.1) is 5.56 Å². The SMILES string of the molecule is CCC(C)CC(C)NC(=O)c1c(C)[nH]c(C(=O)O)c1C. The van der Waals surface area contributed by atoms with Crippen molar-refractivity contribution in [1.82, 2.24) is 10.3 Å². The van der Waals surface area contributed by atoms with E-state index in [0.29, 0.717) is 22.7 Å². The van der Waals surface area contributed by atoms with Crippen LogP contribution in [-0.4, -0.2) is 28.0 Å². The summed E-state index contributed by atoms with van der Waals surface area (Å²) in [6.45, 7) is 9.62. The molecule has 0 aliphatic rings. The number of carboxylic acids is 1. The Balaban J connectivity index is 2.85. The maximum absolute atomic E-state index is 12.3. The highest BCUT2D eigenvalue weighted by Gasteiger charge is 2.22. The van der Waals surface area contributed by atoms with E-state index in [1.165, 1.54) is 0 Å². The van der Waals surface area contributed by atoms with Crippen molar-refractivity contribution >= 4 is 11.9 Å². The molecule has 5 heteroatoms. The van der Waals surface area contributed by atoms with Gasteiger partial charge >= 0.3 is 5.97 Å². The number of aromatic nitrogens is 1. The number of aromatic amines is 1. The third kappa shape index (κ3) is 3.62. The first kappa shape index (κ1) is 16.3. The van der Waals surface area contributed by atoms with Crippen LogP contribution in [0, 0.1) is 19.8 Å². The molecule has 0 spiro atoms. The van der Waals surface area contributed by atoms with Crippen LogP contribution in [0.15, 0.2) is 0 Å². The first-order valence-corrected chi connectivity index (χ1v) is 7.01. The van der Waals surface area contributed by atoms with Crippen LogP contribution in [0.3, 0.4) is 0 Å². The molecule has 2 unspecified atom stereocenters. The van der Waals surface area contributed by atoms with Crippen molar-refractivity contribution in [3.8, 4) is 0 Å². The van der Waals surface area contributed by atoms with Crippen molar-refractivity contribution in [2.75, 3.05) is 0 Å². The third-order valence-corrected chi connectivity index (χ3v) is 3.71. The van der Waals surface area contributed by atoms with Gasteiger partial charge in [0.25, 0.3) is 5.91 Å². The Morgan fingerprint density at radius 3 is 2.35 bits per heavy atom. The fourth-order valence-electron chi connectivity index (χ4n) is 2.43. The molecule has 0 saturated heterocycles. The van der Waals surface area contributed by atoms with Crippen molar-refractivity contribution in [3.05, 3.63) is 22.5 Å². The number of carbonyl (C=O) groups excluding carboxylic acids is 1. The Bertz CT molecular complexity index is 505. The second-order valence-corrected chi connectivity index (χ2v) is 5.55. The molecule has 1 amide bonds. The Hall–Kier alpha value is -1.78. The molecule has 0 radical (unpaired) electrons. The van der Waals surface area contributed by atoms with Gasteiger partial charge in [0, 0.05) is 11.7 Å². The quantitative estimate of drug-likeness (QED) is 0.749. The molecular formula is C15H24N2O3.